The van der Waals surface area contributed by atoms with Gasteiger partial charge in [0.25, 0.3) is 0 Å². The van der Waals surface area contributed by atoms with Gasteiger partial charge in [-0.15, -0.1) is 0 Å². The SMILES string of the molecule is O=c1ncc2c([nH]1)Nc1cc3ccccc3cc1O2. The molecule has 2 heterocycles. The van der Waals surface area contributed by atoms with E-state index in [4.69, 9.17) is 4.74 Å². The molecule has 0 spiro atoms. The van der Waals surface area contributed by atoms with E-state index < -0.39 is 5.69 Å². The number of hydrogen-bond donors (Lipinski definition) is 2. The van der Waals surface area contributed by atoms with Crippen LogP contribution in [-0.4, -0.2) is 9.97 Å². The van der Waals surface area contributed by atoms with E-state index in [2.05, 4.69) is 15.3 Å². The van der Waals surface area contributed by atoms with Crippen molar-refractivity contribution in [2.75, 3.05) is 5.32 Å². The van der Waals surface area contributed by atoms with Crippen LogP contribution in [0.1, 0.15) is 0 Å². The summed E-state index contributed by atoms with van der Waals surface area (Å²) in [5, 5.41) is 5.36. The van der Waals surface area contributed by atoms with Crippen LogP contribution < -0.4 is 15.7 Å². The highest BCUT2D eigenvalue weighted by molar-refractivity contribution is 5.90. The number of rotatable bonds is 0. The molecule has 1 aromatic heterocycles. The number of fused-ring (bicyclic) bond motifs is 3. The molecule has 0 amide bonds. The van der Waals surface area contributed by atoms with Crippen molar-refractivity contribution in [2.45, 2.75) is 0 Å². The summed E-state index contributed by atoms with van der Waals surface area (Å²) in [7, 11) is 0. The molecule has 0 bridgehead atoms. The summed E-state index contributed by atoms with van der Waals surface area (Å²) in [6.07, 6.45) is 1.42. The van der Waals surface area contributed by atoms with E-state index in [1.54, 1.807) is 0 Å². The Morgan fingerprint density at radius 2 is 1.84 bits per heavy atom. The molecule has 19 heavy (non-hydrogen) atoms. The van der Waals surface area contributed by atoms with Gasteiger partial charge in [0.15, 0.2) is 17.3 Å². The fourth-order valence-corrected chi connectivity index (χ4v) is 2.21. The molecular formula is C14H9N3O2. The number of H-pyrrole nitrogens is 1. The van der Waals surface area contributed by atoms with Crippen molar-refractivity contribution in [2.24, 2.45) is 0 Å². The molecule has 2 aromatic carbocycles. The summed E-state index contributed by atoms with van der Waals surface area (Å²) < 4.78 is 5.75. The van der Waals surface area contributed by atoms with Crippen LogP contribution in [0.5, 0.6) is 11.5 Å². The molecule has 0 saturated heterocycles. The summed E-state index contributed by atoms with van der Waals surface area (Å²) in [5.74, 6) is 1.77. The van der Waals surface area contributed by atoms with Crippen LogP contribution in [0.4, 0.5) is 11.5 Å². The third kappa shape index (κ3) is 1.55. The molecule has 2 N–H and O–H groups in total. The van der Waals surface area contributed by atoms with Crippen LogP contribution in [-0.2, 0) is 0 Å². The summed E-state index contributed by atoms with van der Waals surface area (Å²) in [5.41, 5.74) is 0.423. The predicted octanol–water partition coefficient (Wildman–Crippen LogP) is 2.77. The first-order valence-electron chi connectivity index (χ1n) is 5.86. The lowest BCUT2D eigenvalue weighted by molar-refractivity contribution is 0.476. The van der Waals surface area contributed by atoms with Crippen LogP contribution in [0.2, 0.25) is 0 Å². The standard InChI is InChI=1S/C14H9N3O2/c18-14-15-7-12-13(17-14)16-10-5-8-3-1-2-4-9(8)6-11(10)19-12/h1-7H,(H2,15,16,17,18). The van der Waals surface area contributed by atoms with E-state index in [1.165, 1.54) is 6.20 Å². The number of aromatic amines is 1. The molecule has 1 aliphatic heterocycles. The van der Waals surface area contributed by atoms with Crippen molar-refractivity contribution in [1.82, 2.24) is 9.97 Å². The fourth-order valence-electron chi connectivity index (χ4n) is 2.21. The van der Waals surface area contributed by atoms with Crippen LogP contribution in [0.25, 0.3) is 10.8 Å². The van der Waals surface area contributed by atoms with Gasteiger partial charge in [-0.3, -0.25) is 4.98 Å². The maximum Gasteiger partial charge on any atom is 0.346 e. The van der Waals surface area contributed by atoms with Crippen LogP contribution in [0.3, 0.4) is 0 Å². The topological polar surface area (TPSA) is 67.0 Å². The second kappa shape index (κ2) is 3.58. The van der Waals surface area contributed by atoms with Gasteiger partial charge in [-0.25, -0.2) is 4.79 Å². The zero-order chi connectivity index (χ0) is 12.8. The normalized spacial score (nSPS) is 12.2. The van der Waals surface area contributed by atoms with Gasteiger partial charge < -0.3 is 10.1 Å². The molecule has 0 radical (unpaired) electrons. The Bertz CT molecular complexity index is 855. The van der Waals surface area contributed by atoms with E-state index in [0.29, 0.717) is 11.6 Å². The highest BCUT2D eigenvalue weighted by Gasteiger charge is 2.18. The third-order valence-electron chi connectivity index (χ3n) is 3.10. The average Bonchev–Trinajstić information content (AvgIpc) is 2.43. The monoisotopic (exact) mass is 251 g/mol. The van der Waals surface area contributed by atoms with Gasteiger partial charge >= 0.3 is 5.69 Å². The first-order valence-corrected chi connectivity index (χ1v) is 5.86. The highest BCUT2D eigenvalue weighted by atomic mass is 16.5. The minimum Gasteiger partial charge on any atom is -0.450 e. The number of hydrogen-bond acceptors (Lipinski definition) is 4. The Morgan fingerprint density at radius 3 is 2.68 bits per heavy atom. The van der Waals surface area contributed by atoms with Crippen LogP contribution >= 0.6 is 0 Å². The van der Waals surface area contributed by atoms with E-state index in [9.17, 15) is 4.79 Å². The summed E-state index contributed by atoms with van der Waals surface area (Å²) in [6, 6.07) is 12.0. The predicted molar refractivity (Wildman–Crippen MR) is 72.2 cm³/mol. The number of benzene rings is 2. The highest BCUT2D eigenvalue weighted by Crippen LogP contribution is 2.41. The number of nitrogens with one attached hydrogen (secondary N) is 2. The Balaban J connectivity index is 1.92. The summed E-state index contributed by atoms with van der Waals surface area (Å²) in [4.78, 5) is 17.5. The first kappa shape index (κ1) is 10.1. The van der Waals surface area contributed by atoms with Crippen molar-refractivity contribution in [3.8, 4) is 11.5 Å². The second-order valence-corrected chi connectivity index (χ2v) is 4.35. The Morgan fingerprint density at radius 1 is 1.05 bits per heavy atom. The number of anilines is 2. The number of aromatic nitrogens is 2. The van der Waals surface area contributed by atoms with Crippen LogP contribution in [0, 0.1) is 0 Å². The summed E-state index contributed by atoms with van der Waals surface area (Å²) >= 11 is 0. The molecule has 4 rings (SSSR count). The quantitative estimate of drug-likeness (QED) is 0.504. The lowest BCUT2D eigenvalue weighted by Crippen LogP contribution is -2.14. The molecule has 0 unspecified atom stereocenters. The van der Waals surface area contributed by atoms with Gasteiger partial charge in [-0.1, -0.05) is 24.3 Å². The molecule has 5 nitrogen and oxygen atoms in total. The molecule has 0 aliphatic carbocycles. The van der Waals surface area contributed by atoms with Crippen LogP contribution in [0.15, 0.2) is 47.4 Å². The molecule has 0 fully saturated rings. The lowest BCUT2D eigenvalue weighted by atomic mass is 10.1. The molecule has 5 heteroatoms. The average molecular weight is 251 g/mol. The summed E-state index contributed by atoms with van der Waals surface area (Å²) in [6.45, 7) is 0. The molecule has 92 valence electrons. The van der Waals surface area contributed by atoms with Gasteiger partial charge in [0, 0.05) is 0 Å². The van der Waals surface area contributed by atoms with E-state index in [1.807, 2.05) is 36.4 Å². The van der Waals surface area contributed by atoms with Gasteiger partial charge in [0.2, 0.25) is 0 Å². The second-order valence-electron chi connectivity index (χ2n) is 4.35. The van der Waals surface area contributed by atoms with Crippen molar-refractivity contribution in [1.29, 1.82) is 0 Å². The zero-order valence-corrected chi connectivity index (χ0v) is 9.81. The van der Waals surface area contributed by atoms with E-state index in [0.717, 1.165) is 22.2 Å². The number of nitrogens with zero attached hydrogens (tertiary/aromatic N) is 1. The van der Waals surface area contributed by atoms with Gasteiger partial charge in [-0.2, -0.15) is 4.98 Å². The van der Waals surface area contributed by atoms with Crippen molar-refractivity contribution < 1.29 is 4.74 Å². The first-order chi connectivity index (χ1) is 9.29. The Hall–Kier alpha value is -2.82. The van der Waals surface area contributed by atoms with Gasteiger partial charge in [0.05, 0.1) is 11.9 Å². The molecule has 0 atom stereocenters. The minimum atomic E-state index is -0.404. The fraction of sp³-hybridized carbons (Fsp3) is 0. The Kier molecular flexibility index (Phi) is 1.91. The van der Waals surface area contributed by atoms with Crippen molar-refractivity contribution in [3.05, 3.63) is 53.1 Å². The van der Waals surface area contributed by atoms with E-state index in [-0.39, 0.29) is 0 Å². The van der Waals surface area contributed by atoms with Crippen molar-refractivity contribution >= 4 is 22.3 Å². The third-order valence-corrected chi connectivity index (χ3v) is 3.10. The number of ether oxygens (including phenoxy) is 1. The van der Waals surface area contributed by atoms with Crippen molar-refractivity contribution in [3.63, 3.8) is 0 Å². The minimum absolute atomic E-state index is 0.404. The molecule has 0 saturated carbocycles. The molecule has 1 aliphatic rings. The van der Waals surface area contributed by atoms with E-state index >= 15 is 0 Å². The van der Waals surface area contributed by atoms with Gasteiger partial charge in [-0.05, 0) is 22.9 Å². The zero-order valence-electron chi connectivity index (χ0n) is 9.81. The Labute approximate surface area is 107 Å². The maximum absolute atomic E-state index is 11.2. The maximum atomic E-state index is 11.2. The smallest absolute Gasteiger partial charge is 0.346 e. The van der Waals surface area contributed by atoms with Gasteiger partial charge in [0.1, 0.15) is 0 Å². The lowest BCUT2D eigenvalue weighted by Gasteiger charge is -2.21. The molecular weight excluding hydrogens is 242 g/mol. The molecule has 3 aromatic rings. The largest absolute Gasteiger partial charge is 0.450 e.